The van der Waals surface area contributed by atoms with Crippen LogP contribution < -0.4 is 0 Å². The summed E-state index contributed by atoms with van der Waals surface area (Å²) >= 11 is 0. The Labute approximate surface area is 187 Å². The summed E-state index contributed by atoms with van der Waals surface area (Å²) in [6.45, 7) is 9.52. The zero-order valence-corrected chi connectivity index (χ0v) is 21.4. The number of rotatable bonds is 24. The van der Waals surface area contributed by atoms with Gasteiger partial charge in [0.1, 0.15) is 0 Å². The van der Waals surface area contributed by atoms with E-state index in [1.54, 1.807) is 0 Å². The smallest absolute Gasteiger partial charge is 0.0443 e. The van der Waals surface area contributed by atoms with Crippen molar-refractivity contribution in [3.63, 3.8) is 0 Å². The van der Waals surface area contributed by atoms with Gasteiger partial charge in [-0.3, -0.25) is 0 Å². The molecule has 0 aromatic heterocycles. The van der Waals surface area contributed by atoms with E-state index < -0.39 is 0 Å². The third-order valence-corrected chi connectivity index (χ3v) is 7.14. The zero-order valence-electron chi connectivity index (χ0n) is 21.4. The Kier molecular flexibility index (Phi) is 24.3. The molecule has 0 radical (unpaired) electrons. The molecule has 2 unspecified atom stereocenters. The summed E-state index contributed by atoms with van der Waals surface area (Å²) < 4.78 is 0. The molecule has 0 aliphatic heterocycles. The van der Waals surface area contributed by atoms with Gasteiger partial charge in [-0.15, -0.1) is 0 Å². The molecule has 0 fully saturated rings. The Morgan fingerprint density at radius 3 is 0.931 bits per heavy atom. The molecule has 0 nitrogen and oxygen atoms in total. The molecule has 0 aliphatic carbocycles. The van der Waals surface area contributed by atoms with Crippen LogP contribution in [-0.2, 0) is 0 Å². The lowest BCUT2D eigenvalue weighted by Gasteiger charge is -2.11. The molecule has 0 aliphatic rings. The van der Waals surface area contributed by atoms with Crippen LogP contribution in [0.25, 0.3) is 0 Å². The van der Waals surface area contributed by atoms with Gasteiger partial charge in [0.05, 0.1) is 0 Å². The maximum absolute atomic E-state index is 2.49. The monoisotopic (exact) mass is 408 g/mol. The van der Waals surface area contributed by atoms with Gasteiger partial charge in [-0.2, -0.15) is 0 Å². The van der Waals surface area contributed by atoms with Gasteiger partial charge in [-0.25, -0.2) is 0 Å². The molecule has 0 aromatic carbocycles. The minimum atomic E-state index is 0.945. The highest BCUT2D eigenvalue weighted by atomic mass is 14.1. The van der Waals surface area contributed by atoms with Crippen molar-refractivity contribution < 1.29 is 0 Å². The molecule has 0 saturated heterocycles. The fourth-order valence-corrected chi connectivity index (χ4v) is 4.55. The van der Waals surface area contributed by atoms with Gasteiger partial charge in [0.2, 0.25) is 0 Å². The van der Waals surface area contributed by atoms with E-state index >= 15 is 0 Å². The van der Waals surface area contributed by atoms with E-state index in [0.29, 0.717) is 0 Å². The number of hydrogen-bond acceptors (Lipinski definition) is 0. The summed E-state index contributed by atoms with van der Waals surface area (Å²) in [4.78, 5) is 0. The largest absolute Gasteiger partial charge is 0.0654 e. The van der Waals surface area contributed by atoms with E-state index in [-0.39, 0.29) is 0 Å². The van der Waals surface area contributed by atoms with Gasteiger partial charge in [-0.05, 0) is 11.8 Å². The van der Waals surface area contributed by atoms with Crippen LogP contribution in [0.3, 0.4) is 0 Å². The molecule has 0 saturated carbocycles. The molecule has 0 N–H and O–H groups in total. The molecule has 0 spiro atoms. The maximum atomic E-state index is 2.49. The van der Waals surface area contributed by atoms with Crippen LogP contribution in [0.1, 0.15) is 175 Å². The first-order chi connectivity index (χ1) is 14.2. The summed E-state index contributed by atoms with van der Waals surface area (Å²) in [6, 6.07) is 0. The van der Waals surface area contributed by atoms with Crippen molar-refractivity contribution in [2.45, 2.75) is 175 Å². The molecule has 0 amide bonds. The van der Waals surface area contributed by atoms with E-state index in [1.165, 1.54) is 148 Å². The minimum Gasteiger partial charge on any atom is -0.0654 e. The molecule has 0 heterocycles. The number of unbranched alkanes of at least 4 members (excludes halogenated alkanes) is 17. The standard InChI is InChI=1S/C29H60/c1-5-7-8-9-10-11-12-13-14-15-16-17-19-23-26-29(4)27-24-21-18-20-22-25-28(3)6-2/h28-29H,5-27H2,1-4H3. The highest BCUT2D eigenvalue weighted by Crippen LogP contribution is 2.19. The normalized spacial score (nSPS) is 13.7. The van der Waals surface area contributed by atoms with Crippen LogP contribution in [0.5, 0.6) is 0 Å². The van der Waals surface area contributed by atoms with Crippen molar-refractivity contribution in [1.82, 2.24) is 0 Å². The van der Waals surface area contributed by atoms with Crippen molar-refractivity contribution in [3.8, 4) is 0 Å². The van der Waals surface area contributed by atoms with E-state index in [9.17, 15) is 0 Å². The minimum absolute atomic E-state index is 0.945. The van der Waals surface area contributed by atoms with Gasteiger partial charge in [0.25, 0.3) is 0 Å². The summed E-state index contributed by atoms with van der Waals surface area (Å²) in [6.07, 6.45) is 33.7. The van der Waals surface area contributed by atoms with Gasteiger partial charge >= 0.3 is 0 Å². The molecule has 0 heteroatoms. The molecular weight excluding hydrogens is 348 g/mol. The molecular formula is C29H60. The van der Waals surface area contributed by atoms with Gasteiger partial charge in [-0.1, -0.05) is 175 Å². The van der Waals surface area contributed by atoms with Crippen LogP contribution in [0.4, 0.5) is 0 Å². The van der Waals surface area contributed by atoms with Crippen LogP contribution in [0, 0.1) is 11.8 Å². The Balaban J connectivity index is 3.15. The molecule has 2 atom stereocenters. The van der Waals surface area contributed by atoms with Crippen molar-refractivity contribution in [2.24, 2.45) is 11.8 Å². The molecule has 29 heavy (non-hydrogen) atoms. The molecule has 0 aromatic rings. The molecule has 0 bridgehead atoms. The SMILES string of the molecule is CCCCCCCCCCCCCCCCC(C)CCCCCCCC(C)CC. The van der Waals surface area contributed by atoms with Gasteiger partial charge in [0.15, 0.2) is 0 Å². The number of hydrogen-bond donors (Lipinski definition) is 0. The second kappa shape index (κ2) is 24.3. The zero-order chi connectivity index (χ0) is 21.4. The van der Waals surface area contributed by atoms with Crippen LogP contribution >= 0.6 is 0 Å². The highest BCUT2D eigenvalue weighted by molar-refractivity contribution is 4.57. The van der Waals surface area contributed by atoms with Crippen molar-refractivity contribution in [3.05, 3.63) is 0 Å². The first kappa shape index (κ1) is 29.0. The Hall–Kier alpha value is 0. The van der Waals surface area contributed by atoms with Crippen LogP contribution in [0.2, 0.25) is 0 Å². The van der Waals surface area contributed by atoms with E-state index in [0.717, 1.165) is 11.8 Å². The lowest BCUT2D eigenvalue weighted by atomic mass is 9.95. The predicted molar refractivity (Wildman–Crippen MR) is 136 cm³/mol. The molecule has 0 rings (SSSR count). The summed E-state index contributed by atoms with van der Waals surface area (Å²) in [5, 5.41) is 0. The van der Waals surface area contributed by atoms with Crippen molar-refractivity contribution in [1.29, 1.82) is 0 Å². The van der Waals surface area contributed by atoms with E-state index in [1.807, 2.05) is 0 Å². The van der Waals surface area contributed by atoms with Crippen molar-refractivity contribution >= 4 is 0 Å². The third-order valence-electron chi connectivity index (χ3n) is 7.14. The average molecular weight is 409 g/mol. The lowest BCUT2D eigenvalue weighted by molar-refractivity contribution is 0.425. The van der Waals surface area contributed by atoms with Crippen LogP contribution in [0.15, 0.2) is 0 Å². The van der Waals surface area contributed by atoms with Crippen molar-refractivity contribution in [2.75, 3.05) is 0 Å². The quantitative estimate of drug-likeness (QED) is 0.139. The lowest BCUT2D eigenvalue weighted by Crippen LogP contribution is -1.95. The Bertz CT molecular complexity index is 282. The summed E-state index contributed by atoms with van der Waals surface area (Å²) in [5.41, 5.74) is 0. The molecule has 176 valence electrons. The Morgan fingerprint density at radius 2 is 0.621 bits per heavy atom. The second-order valence-corrected chi connectivity index (χ2v) is 10.3. The van der Waals surface area contributed by atoms with Crippen LogP contribution in [-0.4, -0.2) is 0 Å². The topological polar surface area (TPSA) is 0 Å². The maximum Gasteiger partial charge on any atom is -0.0443 e. The average Bonchev–Trinajstić information content (AvgIpc) is 2.73. The Morgan fingerprint density at radius 1 is 0.345 bits per heavy atom. The van der Waals surface area contributed by atoms with Gasteiger partial charge in [0, 0.05) is 0 Å². The first-order valence-electron chi connectivity index (χ1n) is 14.2. The third kappa shape index (κ3) is 24.1. The van der Waals surface area contributed by atoms with Gasteiger partial charge < -0.3 is 0 Å². The second-order valence-electron chi connectivity index (χ2n) is 10.3. The summed E-state index contributed by atoms with van der Waals surface area (Å²) in [7, 11) is 0. The fourth-order valence-electron chi connectivity index (χ4n) is 4.55. The first-order valence-corrected chi connectivity index (χ1v) is 14.2. The van der Waals surface area contributed by atoms with E-state index in [2.05, 4.69) is 27.7 Å². The van der Waals surface area contributed by atoms with E-state index in [4.69, 9.17) is 0 Å². The highest BCUT2D eigenvalue weighted by Gasteiger charge is 2.03. The predicted octanol–water partition coefficient (Wildman–Crippen LogP) is 11.3. The fraction of sp³-hybridized carbons (Fsp3) is 1.00. The summed E-state index contributed by atoms with van der Waals surface area (Å²) in [5.74, 6) is 1.91.